The number of hydrogen-bond donors (Lipinski definition) is 1. The molecule has 2 aromatic rings. The zero-order valence-electron chi connectivity index (χ0n) is 13.7. The first-order chi connectivity index (χ1) is 11.1. The van der Waals surface area contributed by atoms with Gasteiger partial charge in [-0.3, -0.25) is 9.36 Å². The van der Waals surface area contributed by atoms with Crippen LogP contribution in [0.3, 0.4) is 0 Å². The average molecular weight is 329 g/mol. The molecule has 2 heterocycles. The Morgan fingerprint density at radius 2 is 2.04 bits per heavy atom. The number of amides is 1. The number of benzene rings is 1. The molecule has 1 N–H and O–H groups in total. The van der Waals surface area contributed by atoms with Crippen molar-refractivity contribution in [3.8, 4) is 5.69 Å². The molecule has 1 saturated heterocycles. The molecule has 5 heteroatoms. The molecule has 1 amide bonds. The fraction of sp³-hybridized carbons (Fsp3) is 0.444. The van der Waals surface area contributed by atoms with Gasteiger partial charge in [-0.25, -0.2) is 4.98 Å². The Kier molecular flexibility index (Phi) is 5.06. The average Bonchev–Trinajstić information content (AvgIpc) is 2.92. The van der Waals surface area contributed by atoms with Crippen molar-refractivity contribution in [2.75, 3.05) is 6.54 Å². The van der Waals surface area contributed by atoms with E-state index in [1.54, 1.807) is 18.0 Å². The van der Waals surface area contributed by atoms with Gasteiger partial charge in [0.1, 0.15) is 0 Å². The van der Waals surface area contributed by atoms with Crippen molar-refractivity contribution in [2.45, 2.75) is 49.4 Å². The van der Waals surface area contributed by atoms with E-state index in [9.17, 15) is 4.79 Å². The Hall–Kier alpha value is -1.75. The van der Waals surface area contributed by atoms with Gasteiger partial charge in [0, 0.05) is 24.6 Å². The van der Waals surface area contributed by atoms with E-state index in [1.165, 1.54) is 5.56 Å². The van der Waals surface area contributed by atoms with Gasteiger partial charge in [-0.1, -0.05) is 44.2 Å². The highest BCUT2D eigenvalue weighted by Crippen LogP contribution is 2.29. The number of imidazole rings is 1. The van der Waals surface area contributed by atoms with Crippen molar-refractivity contribution in [1.29, 1.82) is 0 Å². The summed E-state index contributed by atoms with van der Waals surface area (Å²) in [6.45, 7) is 5.18. The number of rotatable bonds is 4. The molecule has 0 saturated carbocycles. The molecule has 0 aliphatic carbocycles. The largest absolute Gasteiger partial charge is 0.355 e. The molecule has 1 fully saturated rings. The quantitative estimate of drug-likeness (QED) is 0.929. The number of carbonyl (C=O) groups excluding carboxylic acids is 1. The fourth-order valence-electron chi connectivity index (χ4n) is 2.74. The SMILES string of the molecule is CC(C)c1ccc(-n2ccnc2SC2CCCCNC2=O)cc1. The molecule has 0 bridgehead atoms. The summed E-state index contributed by atoms with van der Waals surface area (Å²) in [5, 5.41) is 3.82. The Labute approximate surface area is 141 Å². The molecule has 1 aliphatic rings. The Bertz CT molecular complexity index is 663. The highest BCUT2D eigenvalue weighted by molar-refractivity contribution is 8.00. The summed E-state index contributed by atoms with van der Waals surface area (Å²) >= 11 is 1.56. The first-order valence-corrected chi connectivity index (χ1v) is 9.11. The second-order valence-electron chi connectivity index (χ2n) is 6.22. The van der Waals surface area contributed by atoms with Crippen LogP contribution in [0.5, 0.6) is 0 Å². The van der Waals surface area contributed by atoms with Crippen LogP contribution in [0.2, 0.25) is 0 Å². The van der Waals surface area contributed by atoms with Crippen LogP contribution in [-0.4, -0.2) is 27.3 Å². The van der Waals surface area contributed by atoms with Crippen LogP contribution < -0.4 is 5.32 Å². The van der Waals surface area contributed by atoms with Crippen LogP contribution in [0.4, 0.5) is 0 Å². The van der Waals surface area contributed by atoms with Crippen LogP contribution >= 0.6 is 11.8 Å². The van der Waals surface area contributed by atoms with Crippen molar-refractivity contribution in [1.82, 2.24) is 14.9 Å². The molecule has 1 aromatic heterocycles. The molecule has 4 nitrogen and oxygen atoms in total. The minimum Gasteiger partial charge on any atom is -0.355 e. The van der Waals surface area contributed by atoms with Gasteiger partial charge in [0.2, 0.25) is 5.91 Å². The molecule has 23 heavy (non-hydrogen) atoms. The van der Waals surface area contributed by atoms with Crippen molar-refractivity contribution in [3.05, 3.63) is 42.2 Å². The van der Waals surface area contributed by atoms with Crippen LogP contribution in [0, 0.1) is 0 Å². The highest BCUT2D eigenvalue weighted by Gasteiger charge is 2.23. The van der Waals surface area contributed by atoms with Gasteiger partial charge in [-0.05, 0) is 36.5 Å². The van der Waals surface area contributed by atoms with Crippen molar-refractivity contribution in [3.63, 3.8) is 0 Å². The van der Waals surface area contributed by atoms with E-state index in [0.29, 0.717) is 5.92 Å². The van der Waals surface area contributed by atoms with Crippen molar-refractivity contribution in [2.24, 2.45) is 0 Å². The summed E-state index contributed by atoms with van der Waals surface area (Å²) in [7, 11) is 0. The highest BCUT2D eigenvalue weighted by atomic mass is 32.2. The molecule has 1 aromatic carbocycles. The van der Waals surface area contributed by atoms with Gasteiger partial charge in [0.15, 0.2) is 5.16 Å². The molecule has 1 aliphatic heterocycles. The molecule has 1 unspecified atom stereocenters. The molecular formula is C18H23N3OS. The Balaban J connectivity index is 1.80. The Morgan fingerprint density at radius 1 is 1.26 bits per heavy atom. The fourth-order valence-corrected chi connectivity index (χ4v) is 3.88. The van der Waals surface area contributed by atoms with E-state index >= 15 is 0 Å². The van der Waals surface area contributed by atoms with Crippen LogP contribution in [0.15, 0.2) is 41.8 Å². The number of thioether (sulfide) groups is 1. The summed E-state index contributed by atoms with van der Waals surface area (Å²) < 4.78 is 2.06. The lowest BCUT2D eigenvalue weighted by atomic mass is 10.0. The lowest BCUT2D eigenvalue weighted by molar-refractivity contribution is -0.120. The lowest BCUT2D eigenvalue weighted by Gasteiger charge is -2.14. The molecule has 1 atom stereocenters. The molecule has 0 radical (unpaired) electrons. The van der Waals surface area contributed by atoms with E-state index in [1.807, 2.05) is 6.20 Å². The van der Waals surface area contributed by atoms with Gasteiger partial charge < -0.3 is 5.32 Å². The lowest BCUT2D eigenvalue weighted by Crippen LogP contribution is -2.30. The second-order valence-corrected chi connectivity index (χ2v) is 7.39. The van der Waals surface area contributed by atoms with Crippen LogP contribution in [-0.2, 0) is 4.79 Å². The number of nitrogens with one attached hydrogen (secondary N) is 1. The number of carbonyl (C=O) groups is 1. The van der Waals surface area contributed by atoms with Gasteiger partial charge >= 0.3 is 0 Å². The predicted octanol–water partition coefficient (Wildman–Crippen LogP) is 3.76. The minimum atomic E-state index is -0.0476. The van der Waals surface area contributed by atoms with Crippen LogP contribution in [0.25, 0.3) is 5.69 Å². The van der Waals surface area contributed by atoms with E-state index in [2.05, 4.69) is 53.0 Å². The summed E-state index contributed by atoms with van der Waals surface area (Å²) in [6.07, 6.45) is 6.82. The zero-order chi connectivity index (χ0) is 16.2. The third kappa shape index (κ3) is 3.78. The maximum Gasteiger partial charge on any atom is 0.233 e. The first-order valence-electron chi connectivity index (χ1n) is 8.23. The first kappa shape index (κ1) is 16.1. The second kappa shape index (κ2) is 7.21. The van der Waals surface area contributed by atoms with Gasteiger partial charge in [0.25, 0.3) is 0 Å². The molecule has 0 spiro atoms. The Morgan fingerprint density at radius 3 is 2.78 bits per heavy atom. The number of aromatic nitrogens is 2. The number of hydrogen-bond acceptors (Lipinski definition) is 3. The number of nitrogens with zero attached hydrogens (tertiary/aromatic N) is 2. The minimum absolute atomic E-state index is 0.0476. The topological polar surface area (TPSA) is 46.9 Å². The predicted molar refractivity (Wildman–Crippen MR) is 94.2 cm³/mol. The third-order valence-corrected chi connectivity index (χ3v) is 5.42. The standard InChI is InChI=1S/C18H23N3OS/c1-13(2)14-6-8-15(9-7-14)21-12-11-20-18(21)23-16-5-3-4-10-19-17(16)22/h6-9,11-13,16H,3-5,10H2,1-2H3,(H,19,22). The van der Waals surface area contributed by atoms with Gasteiger partial charge in [-0.2, -0.15) is 0 Å². The van der Waals surface area contributed by atoms with E-state index < -0.39 is 0 Å². The maximum absolute atomic E-state index is 12.1. The maximum atomic E-state index is 12.1. The normalized spacial score (nSPS) is 18.7. The summed E-state index contributed by atoms with van der Waals surface area (Å²) in [5.74, 6) is 0.660. The van der Waals surface area contributed by atoms with Gasteiger partial charge in [0.05, 0.1) is 5.25 Å². The zero-order valence-corrected chi connectivity index (χ0v) is 14.5. The van der Waals surface area contributed by atoms with Crippen molar-refractivity contribution < 1.29 is 4.79 Å². The van der Waals surface area contributed by atoms with E-state index in [-0.39, 0.29) is 11.2 Å². The summed E-state index contributed by atoms with van der Waals surface area (Å²) in [4.78, 5) is 16.6. The third-order valence-electron chi connectivity index (χ3n) is 4.18. The van der Waals surface area contributed by atoms with E-state index in [4.69, 9.17) is 0 Å². The molecule has 3 rings (SSSR count). The molecular weight excluding hydrogens is 306 g/mol. The summed E-state index contributed by atoms with van der Waals surface area (Å²) in [6, 6.07) is 8.56. The van der Waals surface area contributed by atoms with Crippen molar-refractivity contribution >= 4 is 17.7 Å². The monoisotopic (exact) mass is 329 g/mol. The summed E-state index contributed by atoms with van der Waals surface area (Å²) in [5.41, 5.74) is 2.41. The smallest absolute Gasteiger partial charge is 0.233 e. The van der Waals surface area contributed by atoms with Gasteiger partial charge in [-0.15, -0.1) is 0 Å². The molecule has 122 valence electrons. The van der Waals surface area contributed by atoms with Crippen LogP contribution in [0.1, 0.15) is 44.6 Å². The van der Waals surface area contributed by atoms with E-state index in [0.717, 1.165) is 36.7 Å².